The fourth-order valence-corrected chi connectivity index (χ4v) is 9.45. The van der Waals surface area contributed by atoms with Gasteiger partial charge in [-0.2, -0.15) is 4.98 Å². The summed E-state index contributed by atoms with van der Waals surface area (Å²) in [6.45, 7) is 8.13. The standard InChI is InChI=1S/C45H51ClN8O8/c1-24-4-5-29(18-28(24)19-37(26(3)55)61-23-38(47)56)49-41-35(46)22-48-45(51-41)53-16-12-31(13-17-53)62-32-20-30(21-32)52-14-10-27(11-15-52)33-6-7-34-40(25(33)2)44(60)54(43(34)59)36-8-9-39(57)50-42(36)58/h4-7,18-19,22,27,30-32,36H,8-17,20-21,23H2,1-3H3,(H2,47,56)(H,48,49,51)(H,50,57,58)/b37-19+/t30-,32-,36?. The number of ether oxygens (including phenoxy) is 2. The lowest BCUT2D eigenvalue weighted by atomic mass is 9.81. The quantitative estimate of drug-likeness (QED) is 0.121. The van der Waals surface area contributed by atoms with Crippen molar-refractivity contribution in [2.24, 2.45) is 5.73 Å². The lowest BCUT2D eigenvalue weighted by Gasteiger charge is -2.47. The Labute approximate surface area is 364 Å². The Morgan fingerprint density at radius 1 is 0.968 bits per heavy atom. The minimum absolute atomic E-state index is 0.0291. The number of hydrogen-bond donors (Lipinski definition) is 3. The number of primary amides is 1. The zero-order valence-electron chi connectivity index (χ0n) is 35.1. The van der Waals surface area contributed by atoms with Gasteiger partial charge in [0.2, 0.25) is 17.8 Å². The van der Waals surface area contributed by atoms with E-state index < -0.39 is 42.2 Å². The SMILES string of the molecule is CC(=O)/C(=C\c1cc(Nc2nc(N3CCC(O[C@H]4C[C@H](N5CCC(c6ccc7c(c6C)C(=O)N(C6CCC(=O)NC6=O)C7=O)CC5)C4)CC3)ncc2Cl)ccc1C)OCC(N)=O. The Hall–Kier alpha value is -5.71. The first-order valence-corrected chi connectivity index (χ1v) is 21.6. The molecule has 4 N–H and O–H groups in total. The van der Waals surface area contributed by atoms with Crippen LogP contribution < -0.4 is 21.3 Å². The van der Waals surface area contributed by atoms with E-state index in [0.29, 0.717) is 45.2 Å². The zero-order valence-corrected chi connectivity index (χ0v) is 35.8. The van der Waals surface area contributed by atoms with Crippen molar-refractivity contribution in [3.63, 3.8) is 0 Å². The smallest absolute Gasteiger partial charge is 0.262 e. The number of likely N-dealkylation sites (tertiary alicyclic amines) is 1. The molecule has 0 bridgehead atoms. The molecule has 16 nitrogen and oxygen atoms in total. The second kappa shape index (κ2) is 17.9. The van der Waals surface area contributed by atoms with Crippen molar-refractivity contribution < 1.29 is 38.2 Å². The van der Waals surface area contributed by atoms with E-state index in [-0.39, 0.29) is 42.5 Å². The Morgan fingerprint density at radius 3 is 2.40 bits per heavy atom. The predicted molar refractivity (Wildman–Crippen MR) is 230 cm³/mol. The first kappa shape index (κ1) is 43.0. The summed E-state index contributed by atoms with van der Waals surface area (Å²) in [5.74, 6) is -1.62. The van der Waals surface area contributed by atoms with Gasteiger partial charge in [-0.05, 0) is 124 Å². The summed E-state index contributed by atoms with van der Waals surface area (Å²) in [4.78, 5) is 89.5. The lowest BCUT2D eigenvalue weighted by Crippen LogP contribution is -2.54. The molecule has 1 aliphatic carbocycles. The minimum Gasteiger partial charge on any atom is -0.480 e. The Bertz CT molecular complexity index is 2350. The molecule has 5 aliphatic rings. The van der Waals surface area contributed by atoms with Crippen LogP contribution in [0.4, 0.5) is 17.5 Å². The third kappa shape index (κ3) is 8.94. The van der Waals surface area contributed by atoms with Gasteiger partial charge in [-0.3, -0.25) is 39.0 Å². The highest BCUT2D eigenvalue weighted by Gasteiger charge is 2.46. The largest absolute Gasteiger partial charge is 0.480 e. The molecule has 5 amide bonds. The number of anilines is 3. The number of carbonyl (C=O) groups excluding carboxylic acids is 6. The molecule has 326 valence electrons. The molecule has 1 saturated carbocycles. The number of benzene rings is 2. The van der Waals surface area contributed by atoms with Crippen molar-refractivity contribution in [1.82, 2.24) is 25.1 Å². The van der Waals surface area contributed by atoms with Crippen molar-refractivity contribution in [3.8, 4) is 0 Å². The fourth-order valence-electron chi connectivity index (χ4n) is 9.31. The molecule has 0 radical (unpaired) electrons. The minimum atomic E-state index is -0.975. The van der Waals surface area contributed by atoms with Crippen LogP contribution in [-0.2, 0) is 28.7 Å². The number of carbonyl (C=O) groups is 6. The number of rotatable bonds is 13. The molecule has 62 heavy (non-hydrogen) atoms. The number of aromatic nitrogens is 2. The molecule has 1 aromatic heterocycles. The number of fused-ring (bicyclic) bond motifs is 1. The Balaban J connectivity index is 0.798. The van der Waals surface area contributed by atoms with Crippen LogP contribution in [-0.4, -0.2) is 112 Å². The van der Waals surface area contributed by atoms with E-state index in [9.17, 15) is 28.8 Å². The number of amides is 5. The summed E-state index contributed by atoms with van der Waals surface area (Å²) in [5, 5.41) is 5.90. The van der Waals surface area contributed by atoms with Crippen molar-refractivity contribution in [2.45, 2.75) is 102 Å². The van der Waals surface area contributed by atoms with Gasteiger partial charge >= 0.3 is 0 Å². The fraction of sp³-hybridized carbons (Fsp3) is 0.467. The normalized spacial score (nSPS) is 22.6. The van der Waals surface area contributed by atoms with Gasteiger partial charge in [0.25, 0.3) is 17.7 Å². The lowest BCUT2D eigenvalue weighted by molar-refractivity contribution is -0.136. The second-order valence-electron chi connectivity index (χ2n) is 16.9. The van der Waals surface area contributed by atoms with Crippen molar-refractivity contribution in [1.29, 1.82) is 0 Å². The van der Waals surface area contributed by atoms with E-state index in [0.717, 1.165) is 86.3 Å². The van der Waals surface area contributed by atoms with E-state index >= 15 is 0 Å². The summed E-state index contributed by atoms with van der Waals surface area (Å²) in [6.07, 6.45) is 9.37. The molecule has 1 unspecified atom stereocenters. The molecule has 17 heteroatoms. The molecular weight excluding hydrogens is 816 g/mol. The maximum atomic E-state index is 13.6. The van der Waals surface area contributed by atoms with Crippen LogP contribution in [0.3, 0.4) is 0 Å². The highest BCUT2D eigenvalue weighted by Crippen LogP contribution is 2.40. The number of halogens is 1. The average Bonchev–Trinajstić information content (AvgIpc) is 3.48. The molecular formula is C45H51ClN8O8. The van der Waals surface area contributed by atoms with Crippen LogP contribution in [0.1, 0.15) is 107 Å². The molecule has 1 atom stereocenters. The third-order valence-corrected chi connectivity index (χ3v) is 13.1. The van der Waals surface area contributed by atoms with Gasteiger partial charge in [-0.25, -0.2) is 4.98 Å². The number of ketones is 1. The van der Waals surface area contributed by atoms with Crippen molar-refractivity contribution >= 4 is 70.4 Å². The number of imide groups is 2. The van der Waals surface area contributed by atoms with Gasteiger partial charge in [0.15, 0.2) is 24.0 Å². The summed E-state index contributed by atoms with van der Waals surface area (Å²) in [7, 11) is 0. The zero-order chi connectivity index (χ0) is 43.8. The van der Waals surface area contributed by atoms with Crippen LogP contribution in [0.2, 0.25) is 5.02 Å². The van der Waals surface area contributed by atoms with Gasteiger partial charge < -0.3 is 30.3 Å². The van der Waals surface area contributed by atoms with Crippen LogP contribution in [0.15, 0.2) is 42.3 Å². The number of piperidine rings is 3. The molecule has 3 aromatic rings. The second-order valence-corrected chi connectivity index (χ2v) is 17.3. The maximum Gasteiger partial charge on any atom is 0.262 e. The van der Waals surface area contributed by atoms with Crippen LogP contribution in [0, 0.1) is 13.8 Å². The number of nitrogens with one attached hydrogen (secondary N) is 2. The van der Waals surface area contributed by atoms with Gasteiger partial charge in [0.05, 0.1) is 29.5 Å². The van der Waals surface area contributed by atoms with E-state index in [4.69, 9.17) is 31.8 Å². The molecule has 4 fully saturated rings. The monoisotopic (exact) mass is 866 g/mol. The number of nitrogens with zero attached hydrogens (tertiary/aromatic N) is 5. The number of allylic oxidation sites excluding steroid dienone is 1. The summed E-state index contributed by atoms with van der Waals surface area (Å²) in [5.41, 5.74) is 10.1. The highest BCUT2D eigenvalue weighted by molar-refractivity contribution is 6.33. The molecule has 2 aromatic carbocycles. The van der Waals surface area contributed by atoms with Crippen LogP contribution in [0.25, 0.3) is 6.08 Å². The highest BCUT2D eigenvalue weighted by atomic mass is 35.5. The maximum absolute atomic E-state index is 13.6. The van der Waals surface area contributed by atoms with Gasteiger partial charge in [-0.1, -0.05) is 23.7 Å². The molecule has 5 heterocycles. The van der Waals surface area contributed by atoms with E-state index in [2.05, 4.69) is 25.4 Å². The Morgan fingerprint density at radius 2 is 1.71 bits per heavy atom. The van der Waals surface area contributed by atoms with Crippen LogP contribution in [0.5, 0.6) is 0 Å². The number of aryl methyl sites for hydroxylation is 1. The molecule has 0 spiro atoms. The molecule has 4 aliphatic heterocycles. The number of Topliss-reactive ketones (excluding diaryl/α,β-unsaturated/α-hetero) is 1. The Kier molecular flexibility index (Phi) is 12.4. The first-order chi connectivity index (χ1) is 29.7. The molecule has 3 saturated heterocycles. The summed E-state index contributed by atoms with van der Waals surface area (Å²) < 4.78 is 11.9. The topological polar surface area (TPSA) is 206 Å². The van der Waals surface area contributed by atoms with Gasteiger partial charge in [0.1, 0.15) is 11.1 Å². The number of nitrogens with two attached hydrogens (primary N) is 1. The first-order valence-electron chi connectivity index (χ1n) is 21.3. The summed E-state index contributed by atoms with van der Waals surface area (Å²) in [6, 6.07) is 8.82. The van der Waals surface area contributed by atoms with Crippen molar-refractivity contribution in [2.75, 3.05) is 43.0 Å². The van der Waals surface area contributed by atoms with Crippen molar-refractivity contribution in [3.05, 3.63) is 80.7 Å². The number of hydrogen-bond acceptors (Lipinski definition) is 13. The average molecular weight is 867 g/mol. The van der Waals surface area contributed by atoms with Gasteiger partial charge in [0, 0.05) is 38.2 Å². The third-order valence-electron chi connectivity index (χ3n) is 12.9. The van der Waals surface area contributed by atoms with E-state index in [1.807, 2.05) is 38.1 Å². The van der Waals surface area contributed by atoms with E-state index in [1.54, 1.807) is 18.3 Å². The predicted octanol–water partition coefficient (Wildman–Crippen LogP) is 4.72. The summed E-state index contributed by atoms with van der Waals surface area (Å²) >= 11 is 6.54. The molecule has 8 rings (SSSR count). The van der Waals surface area contributed by atoms with Gasteiger partial charge in [-0.15, -0.1) is 0 Å². The van der Waals surface area contributed by atoms with Crippen LogP contribution >= 0.6 is 11.6 Å². The van der Waals surface area contributed by atoms with E-state index in [1.165, 1.54) is 6.92 Å².